The SMILES string of the molecule is CCCOc1ccc(C2CNCCO2)cc1OCCC. The fraction of sp³-hybridized carbons (Fsp3) is 0.625. The third-order valence-electron chi connectivity index (χ3n) is 3.19. The van der Waals surface area contributed by atoms with Crippen molar-refractivity contribution < 1.29 is 14.2 Å². The maximum Gasteiger partial charge on any atom is 0.161 e. The third-order valence-corrected chi connectivity index (χ3v) is 3.19. The smallest absolute Gasteiger partial charge is 0.161 e. The molecule has 1 aromatic carbocycles. The molecular formula is C16H25NO3. The Morgan fingerprint density at radius 1 is 1.15 bits per heavy atom. The molecule has 20 heavy (non-hydrogen) atoms. The van der Waals surface area contributed by atoms with Crippen molar-refractivity contribution in [1.82, 2.24) is 5.32 Å². The van der Waals surface area contributed by atoms with Gasteiger partial charge in [-0.1, -0.05) is 19.9 Å². The summed E-state index contributed by atoms with van der Waals surface area (Å²) in [4.78, 5) is 0. The fourth-order valence-electron chi connectivity index (χ4n) is 2.16. The summed E-state index contributed by atoms with van der Waals surface area (Å²) in [6, 6.07) is 6.12. The molecule has 0 aromatic heterocycles. The average Bonchev–Trinajstić information content (AvgIpc) is 2.52. The molecule has 112 valence electrons. The summed E-state index contributed by atoms with van der Waals surface area (Å²) in [6.07, 6.45) is 2.08. The van der Waals surface area contributed by atoms with Crippen LogP contribution in [0.25, 0.3) is 0 Å². The summed E-state index contributed by atoms with van der Waals surface area (Å²) in [7, 11) is 0. The highest BCUT2D eigenvalue weighted by atomic mass is 16.5. The van der Waals surface area contributed by atoms with E-state index in [9.17, 15) is 0 Å². The van der Waals surface area contributed by atoms with Gasteiger partial charge in [0.2, 0.25) is 0 Å². The van der Waals surface area contributed by atoms with E-state index in [1.807, 2.05) is 6.07 Å². The molecule has 0 spiro atoms. The first kappa shape index (κ1) is 15.1. The molecule has 1 aliphatic rings. The molecular weight excluding hydrogens is 254 g/mol. The Bertz CT molecular complexity index is 403. The van der Waals surface area contributed by atoms with Crippen molar-refractivity contribution >= 4 is 0 Å². The van der Waals surface area contributed by atoms with E-state index in [2.05, 4.69) is 31.3 Å². The minimum Gasteiger partial charge on any atom is -0.490 e. The molecule has 1 unspecified atom stereocenters. The minimum atomic E-state index is 0.105. The van der Waals surface area contributed by atoms with Crippen molar-refractivity contribution in [2.24, 2.45) is 0 Å². The van der Waals surface area contributed by atoms with E-state index >= 15 is 0 Å². The Kier molecular flexibility index (Phi) is 6.15. The molecule has 2 rings (SSSR count). The largest absolute Gasteiger partial charge is 0.490 e. The second-order valence-corrected chi connectivity index (χ2v) is 4.97. The molecule has 4 nitrogen and oxygen atoms in total. The molecule has 1 aliphatic heterocycles. The standard InChI is InChI=1S/C16H25NO3/c1-3-8-18-14-6-5-13(11-15(14)19-9-4-2)16-12-17-7-10-20-16/h5-6,11,16-17H,3-4,7-10,12H2,1-2H3. The molecule has 4 heteroatoms. The first-order valence-electron chi connectivity index (χ1n) is 7.57. The van der Waals surface area contributed by atoms with Crippen LogP contribution in [0.1, 0.15) is 38.4 Å². The Morgan fingerprint density at radius 3 is 2.55 bits per heavy atom. The summed E-state index contributed by atoms with van der Waals surface area (Å²) >= 11 is 0. The molecule has 1 heterocycles. The lowest BCUT2D eigenvalue weighted by Crippen LogP contribution is -2.33. The van der Waals surface area contributed by atoms with Crippen LogP contribution < -0.4 is 14.8 Å². The number of rotatable bonds is 7. The van der Waals surface area contributed by atoms with Crippen molar-refractivity contribution in [3.63, 3.8) is 0 Å². The maximum absolute atomic E-state index is 5.81. The average molecular weight is 279 g/mol. The fourth-order valence-corrected chi connectivity index (χ4v) is 2.16. The van der Waals surface area contributed by atoms with Gasteiger partial charge in [0.1, 0.15) is 0 Å². The van der Waals surface area contributed by atoms with Gasteiger partial charge in [-0.05, 0) is 30.5 Å². The molecule has 1 aromatic rings. The molecule has 0 radical (unpaired) electrons. The molecule has 0 bridgehead atoms. The van der Waals surface area contributed by atoms with Gasteiger partial charge in [0.05, 0.1) is 25.9 Å². The van der Waals surface area contributed by atoms with Crippen LogP contribution in [0.15, 0.2) is 18.2 Å². The van der Waals surface area contributed by atoms with Crippen molar-refractivity contribution in [1.29, 1.82) is 0 Å². The van der Waals surface area contributed by atoms with Crippen LogP contribution >= 0.6 is 0 Å². The number of nitrogens with one attached hydrogen (secondary N) is 1. The summed E-state index contributed by atoms with van der Waals surface area (Å²) in [5.41, 5.74) is 1.15. The molecule has 1 saturated heterocycles. The predicted molar refractivity (Wildman–Crippen MR) is 79.6 cm³/mol. The highest BCUT2D eigenvalue weighted by Crippen LogP contribution is 2.32. The molecule has 1 N–H and O–H groups in total. The monoisotopic (exact) mass is 279 g/mol. The first-order valence-corrected chi connectivity index (χ1v) is 7.57. The summed E-state index contributed by atoms with van der Waals surface area (Å²) < 4.78 is 17.3. The minimum absolute atomic E-state index is 0.105. The number of benzene rings is 1. The summed E-state index contributed by atoms with van der Waals surface area (Å²) in [5, 5.41) is 3.35. The molecule has 1 fully saturated rings. The summed E-state index contributed by atoms with van der Waals surface area (Å²) in [5.74, 6) is 1.65. The van der Waals surface area contributed by atoms with E-state index in [-0.39, 0.29) is 6.10 Å². The van der Waals surface area contributed by atoms with E-state index in [4.69, 9.17) is 14.2 Å². The Hall–Kier alpha value is -1.26. The van der Waals surface area contributed by atoms with Gasteiger partial charge in [-0.2, -0.15) is 0 Å². The molecule has 0 amide bonds. The van der Waals surface area contributed by atoms with E-state index in [1.54, 1.807) is 0 Å². The molecule has 1 atom stereocenters. The molecule has 0 aliphatic carbocycles. The van der Waals surface area contributed by atoms with Crippen molar-refractivity contribution in [3.8, 4) is 11.5 Å². The van der Waals surface area contributed by atoms with Crippen molar-refractivity contribution in [2.45, 2.75) is 32.8 Å². The topological polar surface area (TPSA) is 39.7 Å². The number of hydrogen-bond acceptors (Lipinski definition) is 4. The highest BCUT2D eigenvalue weighted by Gasteiger charge is 2.17. The van der Waals surface area contributed by atoms with Crippen molar-refractivity contribution in [2.75, 3.05) is 32.9 Å². The van der Waals surface area contributed by atoms with Crippen LogP contribution in [0.4, 0.5) is 0 Å². The Morgan fingerprint density at radius 2 is 1.90 bits per heavy atom. The lowest BCUT2D eigenvalue weighted by Gasteiger charge is -2.24. The van der Waals surface area contributed by atoms with Gasteiger partial charge in [0.15, 0.2) is 11.5 Å². The zero-order chi connectivity index (χ0) is 14.2. The summed E-state index contributed by atoms with van der Waals surface area (Å²) in [6.45, 7) is 8.14. The molecule has 0 saturated carbocycles. The van der Waals surface area contributed by atoms with Gasteiger partial charge >= 0.3 is 0 Å². The maximum atomic E-state index is 5.81. The first-order chi connectivity index (χ1) is 9.85. The third kappa shape index (κ3) is 4.12. The van der Waals surface area contributed by atoms with E-state index in [0.717, 1.165) is 49.6 Å². The second kappa shape index (κ2) is 8.12. The van der Waals surface area contributed by atoms with Crippen LogP contribution in [-0.4, -0.2) is 32.9 Å². The zero-order valence-corrected chi connectivity index (χ0v) is 12.5. The zero-order valence-electron chi connectivity index (χ0n) is 12.5. The van der Waals surface area contributed by atoms with Crippen LogP contribution in [0.2, 0.25) is 0 Å². The van der Waals surface area contributed by atoms with Crippen LogP contribution in [0.3, 0.4) is 0 Å². The Balaban J connectivity index is 2.13. The van der Waals surface area contributed by atoms with Gasteiger partial charge in [-0.25, -0.2) is 0 Å². The Labute approximate surface area is 121 Å². The second-order valence-electron chi connectivity index (χ2n) is 4.97. The van der Waals surface area contributed by atoms with Crippen LogP contribution in [0.5, 0.6) is 11.5 Å². The highest BCUT2D eigenvalue weighted by molar-refractivity contribution is 5.43. The lowest BCUT2D eigenvalue weighted by atomic mass is 10.1. The quantitative estimate of drug-likeness (QED) is 0.833. The van der Waals surface area contributed by atoms with Gasteiger partial charge in [0, 0.05) is 13.1 Å². The van der Waals surface area contributed by atoms with Gasteiger partial charge < -0.3 is 19.5 Å². The van der Waals surface area contributed by atoms with E-state index in [0.29, 0.717) is 13.2 Å². The van der Waals surface area contributed by atoms with Crippen molar-refractivity contribution in [3.05, 3.63) is 23.8 Å². The van der Waals surface area contributed by atoms with E-state index < -0.39 is 0 Å². The van der Waals surface area contributed by atoms with Crippen LogP contribution in [-0.2, 0) is 4.74 Å². The number of ether oxygens (including phenoxy) is 3. The predicted octanol–water partition coefficient (Wildman–Crippen LogP) is 2.93. The van der Waals surface area contributed by atoms with E-state index in [1.165, 1.54) is 0 Å². The van der Waals surface area contributed by atoms with Crippen LogP contribution in [0, 0.1) is 0 Å². The lowest BCUT2D eigenvalue weighted by molar-refractivity contribution is 0.0275. The normalized spacial score (nSPS) is 18.8. The van der Waals surface area contributed by atoms with Gasteiger partial charge in [-0.15, -0.1) is 0 Å². The number of morpholine rings is 1. The number of hydrogen-bond donors (Lipinski definition) is 1. The van der Waals surface area contributed by atoms with Gasteiger partial charge in [0.25, 0.3) is 0 Å². The van der Waals surface area contributed by atoms with Gasteiger partial charge in [-0.3, -0.25) is 0 Å².